The molecular formula is C68H82FN7O16. The van der Waals surface area contributed by atoms with E-state index in [0.717, 1.165) is 42.4 Å². The number of cyclic esters (lactones) is 1. The topological polar surface area (TPSA) is 305 Å². The summed E-state index contributed by atoms with van der Waals surface area (Å²) in [5.41, 5.74) is 2.26. The van der Waals surface area contributed by atoms with Crippen molar-refractivity contribution in [2.45, 2.75) is 148 Å². The lowest BCUT2D eigenvalue weighted by molar-refractivity contribution is -0.172. The first-order chi connectivity index (χ1) is 44.1. The number of likely N-dealkylation sites (N-methyl/N-ethyl adjacent to an activating group) is 1. The molecule has 92 heavy (non-hydrogen) atoms. The summed E-state index contributed by atoms with van der Waals surface area (Å²) >= 11 is 0. The zero-order chi connectivity index (χ0) is 65.5. The average Bonchev–Trinajstić information content (AvgIpc) is 1.46. The molecule has 23 nitrogen and oxygen atoms in total. The predicted octanol–water partition coefficient (Wildman–Crippen LogP) is 4.48. The average molecular weight is 1270 g/mol. The van der Waals surface area contributed by atoms with Gasteiger partial charge in [0.15, 0.2) is 23.0 Å². The zero-order valence-corrected chi connectivity index (χ0v) is 52.7. The summed E-state index contributed by atoms with van der Waals surface area (Å²) in [5.74, 6) is -5.36. The molecule has 24 heteroatoms. The lowest BCUT2D eigenvalue weighted by Gasteiger charge is -2.36. The summed E-state index contributed by atoms with van der Waals surface area (Å²) in [4.78, 5) is 153. The third-order valence-corrected chi connectivity index (χ3v) is 19.2. The Kier molecular flexibility index (Phi) is 21.4. The lowest BCUT2D eigenvalue weighted by atomic mass is 9.81. The van der Waals surface area contributed by atoms with Crippen LogP contribution < -0.4 is 21.5 Å². The summed E-state index contributed by atoms with van der Waals surface area (Å²) in [6.45, 7) is 4.97. The van der Waals surface area contributed by atoms with Gasteiger partial charge in [-0.1, -0.05) is 44.2 Å². The van der Waals surface area contributed by atoms with Gasteiger partial charge >= 0.3 is 5.97 Å². The molecule has 3 aliphatic carbocycles. The highest BCUT2D eigenvalue weighted by atomic mass is 19.1. The Labute approximate surface area is 532 Å². The molecule has 3 fully saturated rings. The molecule has 1 unspecified atom stereocenters. The smallest absolute Gasteiger partial charge is 0.343 e. The second-order valence-corrected chi connectivity index (χ2v) is 25.5. The first kappa shape index (κ1) is 67.0. The van der Waals surface area contributed by atoms with E-state index in [0.29, 0.717) is 72.2 Å². The number of ether oxygens (including phenoxy) is 4. The van der Waals surface area contributed by atoms with Crippen LogP contribution in [0.4, 0.5) is 4.39 Å². The number of pyridine rings is 2. The van der Waals surface area contributed by atoms with Gasteiger partial charge < -0.3 is 49.5 Å². The number of hydrogen-bond donors (Lipinski definition) is 4. The van der Waals surface area contributed by atoms with E-state index in [1.54, 1.807) is 50.9 Å². The van der Waals surface area contributed by atoms with Crippen LogP contribution in [0.2, 0.25) is 0 Å². The highest BCUT2D eigenvalue weighted by Crippen LogP contribution is 2.48. The number of rotatable bonds is 31. The minimum absolute atomic E-state index is 0.0438. The standard InChI is InChI=1S/C68H82FN7O16/c1-5-68(88)51-30-55-60-49(35-75(55)65(85)50(51)37-92-67(68)87)59-54(19-18-48-39(3)52(69)31-53(73-60)58(48)59)74(4)66(86)61(42-15-16-42)91-23-21-45(77)32-72-63(83)44(28-40-9-7-6-8-10-40)29-47(79)33-71-56(80)20-17-46(78)36-90-26-25-89-24-22-70-62(82)43-13-11-41(12-14-43)34-76-57(81)27-38(2)64(76)84/h6-10,30-31,38,41-44,54,61,88H,5,11-29,32-37H2,1-4H3,(H,70,82)(H,71,80)(H,72,83)/t38?,41?,43?,44-,54+,61+,68+/m1/s1. The van der Waals surface area contributed by atoms with E-state index in [9.17, 15) is 57.8 Å². The van der Waals surface area contributed by atoms with Crippen molar-refractivity contribution in [2.24, 2.45) is 29.6 Å². The number of esters is 1. The molecule has 2 aromatic carbocycles. The minimum Gasteiger partial charge on any atom is -0.458 e. The molecule has 5 atom stereocenters. The van der Waals surface area contributed by atoms with Crippen molar-refractivity contribution in [1.82, 2.24) is 35.3 Å². The first-order valence-corrected chi connectivity index (χ1v) is 32.3. The molecule has 4 N–H and O–H groups in total. The van der Waals surface area contributed by atoms with Crippen molar-refractivity contribution in [3.05, 3.63) is 97.6 Å². The Morgan fingerprint density at radius 3 is 2.30 bits per heavy atom. The van der Waals surface area contributed by atoms with Crippen LogP contribution in [0, 0.1) is 42.3 Å². The number of imide groups is 1. The molecule has 5 heterocycles. The third-order valence-electron chi connectivity index (χ3n) is 19.2. The molecule has 2 aromatic heterocycles. The van der Waals surface area contributed by atoms with Gasteiger partial charge in [0.25, 0.3) is 11.5 Å². The molecule has 0 spiro atoms. The zero-order valence-electron chi connectivity index (χ0n) is 52.7. The highest BCUT2D eigenvalue weighted by molar-refractivity contribution is 6.03. The van der Waals surface area contributed by atoms with Gasteiger partial charge in [-0.05, 0) is 111 Å². The normalized spacial score (nSPS) is 21.2. The van der Waals surface area contributed by atoms with Crippen molar-refractivity contribution in [1.29, 1.82) is 0 Å². The van der Waals surface area contributed by atoms with E-state index in [1.807, 2.05) is 18.2 Å². The fourth-order valence-electron chi connectivity index (χ4n) is 13.6. The number of halogens is 1. The number of aromatic nitrogens is 2. The Morgan fingerprint density at radius 2 is 1.59 bits per heavy atom. The van der Waals surface area contributed by atoms with Crippen LogP contribution in [0.5, 0.6) is 0 Å². The summed E-state index contributed by atoms with van der Waals surface area (Å²) in [7, 11) is 1.69. The minimum atomic E-state index is -2.05. The molecule has 6 amide bonds. The van der Waals surface area contributed by atoms with Gasteiger partial charge in [-0.25, -0.2) is 14.2 Å². The molecule has 6 aliphatic rings. The quantitative estimate of drug-likeness (QED) is 0.0270. The molecule has 4 aromatic rings. The second-order valence-electron chi connectivity index (χ2n) is 25.5. The van der Waals surface area contributed by atoms with Crippen molar-refractivity contribution in [2.75, 3.05) is 66.3 Å². The van der Waals surface area contributed by atoms with E-state index in [2.05, 4.69) is 16.0 Å². The molecule has 492 valence electrons. The SMILES string of the molecule is CC[C@@]1(O)C(=O)OCc2c1cc1n(c2=O)Cc2c-1nc1cc(F)c(C)c3c1c2[C@@H](N(C)C(=O)[C@@H](OCCC(=O)CNC(=O)[C@@H](CC(=O)CNC(=O)CCC(=O)COCCOCCNC(=O)C1CCC(CN2C(=O)CC(C)C2=O)CC1)Cc1ccccc1)C1CC1)CC3. The van der Waals surface area contributed by atoms with Crippen LogP contribution in [-0.4, -0.2) is 156 Å². The Bertz CT molecular complexity index is 3620. The van der Waals surface area contributed by atoms with Crippen molar-refractivity contribution < 1.29 is 76.4 Å². The van der Waals surface area contributed by atoms with Gasteiger partial charge in [0, 0.05) is 92.6 Å². The van der Waals surface area contributed by atoms with Crippen LogP contribution in [-0.2, 0) is 98.5 Å². The molecule has 0 radical (unpaired) electrons. The van der Waals surface area contributed by atoms with Gasteiger partial charge in [0.05, 0.1) is 74.6 Å². The maximum atomic E-state index is 15.6. The summed E-state index contributed by atoms with van der Waals surface area (Å²) in [5, 5.41) is 20.3. The van der Waals surface area contributed by atoms with Crippen LogP contribution in [0.1, 0.15) is 142 Å². The van der Waals surface area contributed by atoms with Crippen molar-refractivity contribution in [3.8, 4) is 11.4 Å². The number of nitrogens with one attached hydrogen (secondary N) is 3. The van der Waals surface area contributed by atoms with Crippen LogP contribution >= 0.6 is 0 Å². The van der Waals surface area contributed by atoms with Crippen molar-refractivity contribution in [3.63, 3.8) is 0 Å². The number of Topliss-reactive ketones (excluding diaryl/α,β-unsaturated/α-hetero) is 3. The number of benzene rings is 2. The highest BCUT2D eigenvalue weighted by Gasteiger charge is 2.47. The number of carbonyl (C=O) groups is 10. The number of carbonyl (C=O) groups excluding carboxylic acids is 10. The fourth-order valence-corrected chi connectivity index (χ4v) is 13.6. The largest absolute Gasteiger partial charge is 0.458 e. The number of aliphatic hydroxyl groups is 1. The van der Waals surface area contributed by atoms with Crippen LogP contribution in [0.25, 0.3) is 22.3 Å². The molecule has 10 rings (SSSR count). The Morgan fingerprint density at radius 1 is 0.848 bits per heavy atom. The van der Waals surface area contributed by atoms with E-state index >= 15 is 4.39 Å². The monoisotopic (exact) mass is 1270 g/mol. The van der Waals surface area contributed by atoms with Crippen LogP contribution in [0.15, 0.2) is 47.3 Å². The third kappa shape index (κ3) is 14.9. The molecule has 2 saturated carbocycles. The maximum absolute atomic E-state index is 15.6. The van der Waals surface area contributed by atoms with E-state index in [-0.39, 0.29) is 174 Å². The van der Waals surface area contributed by atoms with Gasteiger partial charge in [-0.2, -0.15) is 0 Å². The van der Waals surface area contributed by atoms with E-state index in [1.165, 1.54) is 15.5 Å². The molecule has 3 aliphatic heterocycles. The van der Waals surface area contributed by atoms with Gasteiger partial charge in [0.1, 0.15) is 25.1 Å². The molecule has 1 saturated heterocycles. The number of nitrogens with zero attached hydrogens (tertiary/aromatic N) is 4. The van der Waals surface area contributed by atoms with Crippen molar-refractivity contribution >= 4 is 69.7 Å². The summed E-state index contributed by atoms with van der Waals surface area (Å²) in [6, 6.07) is 11.4. The Balaban J connectivity index is 0.647. The van der Waals surface area contributed by atoms with E-state index < -0.39 is 58.6 Å². The number of ketones is 3. The number of amides is 6. The maximum Gasteiger partial charge on any atom is 0.343 e. The molecule has 0 bridgehead atoms. The number of aryl methyl sites for hydroxylation is 1. The van der Waals surface area contributed by atoms with Gasteiger partial charge in [-0.15, -0.1) is 0 Å². The second kappa shape index (κ2) is 29.4. The fraction of sp³-hybridized carbons (Fsp3) is 0.559. The lowest BCUT2D eigenvalue weighted by Crippen LogP contribution is -2.44. The molecular weight excluding hydrogens is 1190 g/mol. The first-order valence-electron chi connectivity index (χ1n) is 32.3. The Hall–Kier alpha value is -7.93. The van der Waals surface area contributed by atoms with Gasteiger partial charge in [0.2, 0.25) is 29.5 Å². The van der Waals surface area contributed by atoms with E-state index in [4.69, 9.17) is 23.9 Å². The number of fused-ring (bicyclic) bond motifs is 5. The van der Waals surface area contributed by atoms with Gasteiger partial charge in [-0.3, -0.25) is 52.8 Å². The number of likely N-dealkylation sites (tertiary alicyclic amines) is 1. The number of hydrogen-bond acceptors (Lipinski definition) is 17. The summed E-state index contributed by atoms with van der Waals surface area (Å²) in [6.07, 6.45) is 3.96. The summed E-state index contributed by atoms with van der Waals surface area (Å²) < 4.78 is 39.6. The predicted molar refractivity (Wildman–Crippen MR) is 329 cm³/mol. The van der Waals surface area contributed by atoms with Crippen LogP contribution in [0.3, 0.4) is 0 Å².